The lowest BCUT2D eigenvalue weighted by Crippen LogP contribution is -2.30. The van der Waals surface area contributed by atoms with Crippen LogP contribution >= 0.6 is 0 Å². The molecule has 0 fully saturated rings. The topological polar surface area (TPSA) is 78.9 Å². The summed E-state index contributed by atoms with van der Waals surface area (Å²) in [6.45, 7) is 6.38. The second kappa shape index (κ2) is 67.8. The maximum absolute atomic E-state index is 12.9. The Morgan fingerprint density at radius 2 is 0.481 bits per heavy atom. The summed E-state index contributed by atoms with van der Waals surface area (Å²) in [5, 5.41) is 0. The minimum Gasteiger partial charge on any atom is -0.462 e. The largest absolute Gasteiger partial charge is 0.462 e. The minimum absolute atomic E-state index is 0.0998. The van der Waals surface area contributed by atoms with E-state index in [1.54, 1.807) is 0 Å². The van der Waals surface area contributed by atoms with Crippen LogP contribution in [-0.4, -0.2) is 37.2 Å². The number of hydrogen-bond acceptors (Lipinski definition) is 6. The molecule has 6 heteroatoms. The molecule has 1 atom stereocenters. The SMILES string of the molecule is CC/C=C\C/C=C\C/C=C\C/C=C\C/C=C\CCCCCCCC(=O)OC(COC(=O)CCCCCCCC/C=C\C/C=C\C/C=C\C/C=C\CC)COC(=O)CCCCCCCCCC/C=C\C/C=C\C/C=C\CCCCCCC. The fourth-order valence-electron chi connectivity index (χ4n) is 8.88. The normalized spacial score (nSPS) is 13.1. The maximum Gasteiger partial charge on any atom is 0.306 e. The molecule has 0 aliphatic carbocycles. The van der Waals surface area contributed by atoms with Gasteiger partial charge in [-0.3, -0.25) is 14.4 Å². The van der Waals surface area contributed by atoms with Gasteiger partial charge in [0.2, 0.25) is 0 Å². The van der Waals surface area contributed by atoms with E-state index in [1.165, 1.54) is 83.5 Å². The molecule has 81 heavy (non-hydrogen) atoms. The first-order valence-corrected chi connectivity index (χ1v) is 33.3. The summed E-state index contributed by atoms with van der Waals surface area (Å²) in [7, 11) is 0. The van der Waals surface area contributed by atoms with Gasteiger partial charge in [0, 0.05) is 19.3 Å². The van der Waals surface area contributed by atoms with Crippen LogP contribution in [0.4, 0.5) is 0 Å². The van der Waals surface area contributed by atoms with E-state index in [1.807, 2.05) is 0 Å². The van der Waals surface area contributed by atoms with Crippen LogP contribution in [0.15, 0.2) is 146 Å². The van der Waals surface area contributed by atoms with Crippen molar-refractivity contribution in [1.29, 1.82) is 0 Å². The third-order valence-corrected chi connectivity index (χ3v) is 13.8. The fourth-order valence-corrected chi connectivity index (χ4v) is 8.88. The highest BCUT2D eigenvalue weighted by Gasteiger charge is 2.19. The Bertz CT molecular complexity index is 1760. The number of esters is 3. The first-order chi connectivity index (χ1) is 40.0. The van der Waals surface area contributed by atoms with Gasteiger partial charge in [-0.25, -0.2) is 0 Å². The van der Waals surface area contributed by atoms with Crippen molar-refractivity contribution in [3.05, 3.63) is 146 Å². The van der Waals surface area contributed by atoms with E-state index in [0.717, 1.165) is 167 Å². The molecular formula is C75H122O6. The standard InChI is InChI=1S/C75H122O6/c1-4-7-10-13-16-19-22-25-28-31-34-36-37-39-41-44-47-50-53-56-59-62-65-68-74(77)80-71-72(70-79-73(76)67-64-61-58-55-52-49-46-43-40-33-30-27-24-21-18-15-12-9-6-3)81-75(78)69-66-63-60-57-54-51-48-45-42-38-35-32-29-26-23-20-17-14-11-8-5-2/h8-9,11-12,17-18,20-22,25-27,29-31,34-35,37-40,43,45,48,72H,4-7,10,13-16,19,23-24,28,32-33,36,41-42,44,46-47,49-71H2,1-3H3/b11-8-,12-9-,20-17-,21-18-,25-22-,29-26-,30-27-,34-31-,38-35-,39-37-,43-40-,48-45-. The molecule has 0 spiro atoms. The zero-order valence-electron chi connectivity index (χ0n) is 52.5. The van der Waals surface area contributed by atoms with E-state index in [2.05, 4.69) is 167 Å². The van der Waals surface area contributed by atoms with Gasteiger partial charge in [-0.05, 0) is 141 Å². The van der Waals surface area contributed by atoms with E-state index >= 15 is 0 Å². The highest BCUT2D eigenvalue weighted by Crippen LogP contribution is 2.15. The number of carbonyl (C=O) groups is 3. The van der Waals surface area contributed by atoms with Gasteiger partial charge in [0.25, 0.3) is 0 Å². The van der Waals surface area contributed by atoms with E-state index in [-0.39, 0.29) is 31.1 Å². The number of rotatable bonds is 59. The summed E-state index contributed by atoms with van der Waals surface area (Å²) in [5.74, 6) is -0.937. The second-order valence-corrected chi connectivity index (χ2v) is 21.6. The van der Waals surface area contributed by atoms with Crippen LogP contribution in [0.5, 0.6) is 0 Å². The van der Waals surface area contributed by atoms with E-state index in [0.29, 0.717) is 19.3 Å². The summed E-state index contributed by atoms with van der Waals surface area (Å²) in [6.07, 6.45) is 97.0. The fraction of sp³-hybridized carbons (Fsp3) is 0.640. The van der Waals surface area contributed by atoms with Crippen molar-refractivity contribution in [3.8, 4) is 0 Å². The molecule has 0 bridgehead atoms. The van der Waals surface area contributed by atoms with Crippen molar-refractivity contribution >= 4 is 17.9 Å². The third kappa shape index (κ3) is 66.0. The maximum atomic E-state index is 12.9. The number of allylic oxidation sites excluding steroid dienone is 24. The average Bonchev–Trinajstić information content (AvgIpc) is 3.47. The van der Waals surface area contributed by atoms with Gasteiger partial charge < -0.3 is 14.2 Å². The molecule has 1 unspecified atom stereocenters. The number of ether oxygens (including phenoxy) is 3. The van der Waals surface area contributed by atoms with Crippen LogP contribution in [0, 0.1) is 0 Å². The van der Waals surface area contributed by atoms with Crippen LogP contribution in [0.1, 0.15) is 290 Å². The molecule has 0 aromatic carbocycles. The Balaban J connectivity index is 4.49. The van der Waals surface area contributed by atoms with Gasteiger partial charge in [-0.15, -0.1) is 0 Å². The molecule has 0 rings (SSSR count). The Morgan fingerprint density at radius 3 is 0.753 bits per heavy atom. The first kappa shape index (κ1) is 76.3. The molecule has 0 aromatic rings. The highest BCUT2D eigenvalue weighted by atomic mass is 16.6. The van der Waals surface area contributed by atoms with Crippen molar-refractivity contribution in [2.24, 2.45) is 0 Å². The predicted octanol–water partition coefficient (Wildman–Crippen LogP) is 23.1. The molecule has 0 amide bonds. The smallest absolute Gasteiger partial charge is 0.306 e. The predicted molar refractivity (Wildman–Crippen MR) is 352 cm³/mol. The second-order valence-electron chi connectivity index (χ2n) is 21.6. The van der Waals surface area contributed by atoms with E-state index in [4.69, 9.17) is 14.2 Å². The Morgan fingerprint density at radius 1 is 0.259 bits per heavy atom. The average molecular weight is 1120 g/mol. The third-order valence-electron chi connectivity index (χ3n) is 13.8. The van der Waals surface area contributed by atoms with Crippen LogP contribution < -0.4 is 0 Å². The molecule has 0 saturated carbocycles. The van der Waals surface area contributed by atoms with Crippen molar-refractivity contribution in [3.63, 3.8) is 0 Å². The van der Waals surface area contributed by atoms with Crippen LogP contribution in [0.25, 0.3) is 0 Å². The summed E-state index contributed by atoms with van der Waals surface area (Å²) in [5.41, 5.74) is 0. The zero-order valence-corrected chi connectivity index (χ0v) is 52.5. The molecular weight excluding hydrogens is 997 g/mol. The summed E-state index contributed by atoms with van der Waals surface area (Å²) in [4.78, 5) is 38.4. The van der Waals surface area contributed by atoms with Crippen molar-refractivity contribution in [2.45, 2.75) is 297 Å². The molecule has 0 saturated heterocycles. The van der Waals surface area contributed by atoms with E-state index in [9.17, 15) is 14.4 Å². The van der Waals surface area contributed by atoms with Crippen LogP contribution in [-0.2, 0) is 28.6 Å². The Labute approximate surface area is 499 Å². The van der Waals surface area contributed by atoms with Gasteiger partial charge in [-0.1, -0.05) is 276 Å². The lowest BCUT2D eigenvalue weighted by Gasteiger charge is -2.18. The molecule has 0 radical (unpaired) electrons. The number of carbonyl (C=O) groups excluding carboxylic acids is 3. The molecule has 6 nitrogen and oxygen atoms in total. The van der Waals surface area contributed by atoms with Crippen LogP contribution in [0.2, 0.25) is 0 Å². The molecule has 0 heterocycles. The van der Waals surface area contributed by atoms with Gasteiger partial charge in [0.1, 0.15) is 13.2 Å². The van der Waals surface area contributed by atoms with Gasteiger partial charge >= 0.3 is 17.9 Å². The number of unbranched alkanes of at least 4 members (excludes halogenated alkanes) is 24. The lowest BCUT2D eigenvalue weighted by molar-refractivity contribution is -0.167. The minimum atomic E-state index is -0.807. The van der Waals surface area contributed by atoms with Crippen LogP contribution in [0.3, 0.4) is 0 Å². The molecule has 0 aliphatic heterocycles. The molecule has 458 valence electrons. The van der Waals surface area contributed by atoms with Crippen molar-refractivity contribution < 1.29 is 28.6 Å². The summed E-state index contributed by atoms with van der Waals surface area (Å²) < 4.78 is 16.9. The lowest BCUT2D eigenvalue weighted by atomic mass is 10.1. The van der Waals surface area contributed by atoms with Gasteiger partial charge in [-0.2, -0.15) is 0 Å². The quantitative estimate of drug-likeness (QED) is 0.0261. The Hall–Kier alpha value is -4.71. The van der Waals surface area contributed by atoms with Crippen molar-refractivity contribution in [1.82, 2.24) is 0 Å². The first-order valence-electron chi connectivity index (χ1n) is 33.3. The zero-order chi connectivity index (χ0) is 58.5. The monoisotopic (exact) mass is 1120 g/mol. The summed E-state index contributed by atoms with van der Waals surface area (Å²) >= 11 is 0. The number of hydrogen-bond donors (Lipinski definition) is 0. The molecule has 0 N–H and O–H groups in total. The van der Waals surface area contributed by atoms with Gasteiger partial charge in [0.15, 0.2) is 6.10 Å². The summed E-state index contributed by atoms with van der Waals surface area (Å²) in [6, 6.07) is 0. The highest BCUT2D eigenvalue weighted by molar-refractivity contribution is 5.71. The van der Waals surface area contributed by atoms with E-state index < -0.39 is 6.10 Å². The molecule has 0 aromatic heterocycles. The molecule has 0 aliphatic rings. The Kier molecular flexibility index (Phi) is 63.9. The van der Waals surface area contributed by atoms with Crippen molar-refractivity contribution in [2.75, 3.05) is 13.2 Å². The van der Waals surface area contributed by atoms with Gasteiger partial charge in [0.05, 0.1) is 0 Å².